The van der Waals surface area contributed by atoms with Gasteiger partial charge in [0.2, 0.25) is 11.7 Å². The third kappa shape index (κ3) is 3.47. The standard InChI is InChI=1S/C21H21FN4O2/c1-13-5-3-6-14(2)18(13)23-21(27)26-12-4-7-17(26)20-24-19(25-28-20)15-8-10-16(22)11-9-15/h3,5-6,8-11,17H,4,7,12H2,1-2H3,(H,23,27)/t17-/m1/s1. The van der Waals surface area contributed by atoms with Gasteiger partial charge in [0.1, 0.15) is 11.9 Å². The molecule has 144 valence electrons. The van der Waals surface area contributed by atoms with Gasteiger partial charge in [-0.2, -0.15) is 4.98 Å². The molecule has 1 fully saturated rings. The average Bonchev–Trinajstić information content (AvgIpc) is 3.34. The maximum Gasteiger partial charge on any atom is 0.322 e. The minimum Gasteiger partial charge on any atom is -0.337 e. The first kappa shape index (κ1) is 18.2. The maximum absolute atomic E-state index is 13.1. The van der Waals surface area contributed by atoms with Crippen molar-refractivity contribution < 1.29 is 13.7 Å². The number of carbonyl (C=O) groups excluding carboxylic acids is 1. The van der Waals surface area contributed by atoms with Crippen LogP contribution >= 0.6 is 0 Å². The number of carbonyl (C=O) groups is 1. The molecule has 0 saturated carbocycles. The Kier molecular flexibility index (Phi) is 4.81. The van der Waals surface area contributed by atoms with Crippen molar-refractivity contribution in [2.24, 2.45) is 0 Å². The van der Waals surface area contributed by atoms with Crippen LogP contribution in [0, 0.1) is 19.7 Å². The molecule has 7 heteroatoms. The number of hydrogen-bond donors (Lipinski definition) is 1. The number of likely N-dealkylation sites (tertiary alicyclic amines) is 1. The van der Waals surface area contributed by atoms with Gasteiger partial charge in [0.05, 0.1) is 0 Å². The van der Waals surface area contributed by atoms with Gasteiger partial charge in [0, 0.05) is 17.8 Å². The highest BCUT2D eigenvalue weighted by Crippen LogP contribution is 2.33. The summed E-state index contributed by atoms with van der Waals surface area (Å²) in [5.41, 5.74) is 3.53. The molecular weight excluding hydrogens is 359 g/mol. The van der Waals surface area contributed by atoms with Gasteiger partial charge in [-0.25, -0.2) is 9.18 Å². The van der Waals surface area contributed by atoms with Crippen molar-refractivity contribution >= 4 is 11.7 Å². The fourth-order valence-corrected chi connectivity index (χ4v) is 3.54. The van der Waals surface area contributed by atoms with Crippen molar-refractivity contribution in [2.75, 3.05) is 11.9 Å². The van der Waals surface area contributed by atoms with E-state index in [1.165, 1.54) is 12.1 Å². The van der Waals surface area contributed by atoms with Crippen molar-refractivity contribution in [1.82, 2.24) is 15.0 Å². The maximum atomic E-state index is 13.1. The zero-order valence-corrected chi connectivity index (χ0v) is 15.8. The molecule has 0 radical (unpaired) electrons. The van der Waals surface area contributed by atoms with E-state index in [0.717, 1.165) is 29.7 Å². The van der Waals surface area contributed by atoms with Crippen molar-refractivity contribution in [2.45, 2.75) is 32.7 Å². The Bertz CT molecular complexity index is 980. The van der Waals surface area contributed by atoms with Gasteiger partial charge >= 0.3 is 6.03 Å². The minimum atomic E-state index is -0.322. The Morgan fingerprint density at radius 3 is 2.61 bits per heavy atom. The van der Waals surface area contributed by atoms with Crippen LogP contribution < -0.4 is 5.32 Å². The predicted octanol–water partition coefficient (Wildman–Crippen LogP) is 4.86. The number of urea groups is 1. The molecule has 1 saturated heterocycles. The summed E-state index contributed by atoms with van der Waals surface area (Å²) in [6.45, 7) is 4.56. The van der Waals surface area contributed by atoms with E-state index in [1.54, 1.807) is 17.0 Å². The van der Waals surface area contributed by atoms with E-state index in [4.69, 9.17) is 4.52 Å². The van der Waals surface area contributed by atoms with Crippen molar-refractivity contribution in [3.8, 4) is 11.4 Å². The quantitative estimate of drug-likeness (QED) is 0.704. The Hall–Kier alpha value is -3.22. The lowest BCUT2D eigenvalue weighted by atomic mass is 10.1. The van der Waals surface area contributed by atoms with Gasteiger partial charge in [0.15, 0.2) is 0 Å². The molecule has 1 aliphatic heterocycles. The molecule has 2 heterocycles. The first-order valence-corrected chi connectivity index (χ1v) is 9.26. The number of aryl methyl sites for hydroxylation is 2. The van der Waals surface area contributed by atoms with Gasteiger partial charge in [-0.1, -0.05) is 23.4 Å². The van der Waals surface area contributed by atoms with Crippen LogP contribution in [0.4, 0.5) is 14.9 Å². The summed E-state index contributed by atoms with van der Waals surface area (Å²) >= 11 is 0. The Labute approximate surface area is 162 Å². The monoisotopic (exact) mass is 380 g/mol. The number of anilines is 1. The lowest BCUT2D eigenvalue weighted by Crippen LogP contribution is -2.35. The first-order valence-electron chi connectivity index (χ1n) is 9.26. The van der Waals surface area contributed by atoms with Gasteiger partial charge in [-0.05, 0) is 62.1 Å². The van der Waals surface area contributed by atoms with Crippen LogP contribution in [0.1, 0.15) is 35.9 Å². The van der Waals surface area contributed by atoms with Crippen LogP contribution in [0.3, 0.4) is 0 Å². The summed E-state index contributed by atoms with van der Waals surface area (Å²) in [5.74, 6) is 0.461. The number of halogens is 1. The van der Waals surface area contributed by atoms with Gasteiger partial charge in [0.25, 0.3) is 0 Å². The second-order valence-electron chi connectivity index (χ2n) is 7.01. The molecule has 2 amide bonds. The molecule has 2 aromatic carbocycles. The molecule has 0 aliphatic carbocycles. The number of para-hydroxylation sites is 1. The largest absolute Gasteiger partial charge is 0.337 e. The van der Waals surface area contributed by atoms with E-state index >= 15 is 0 Å². The molecule has 0 unspecified atom stereocenters. The second-order valence-corrected chi connectivity index (χ2v) is 7.01. The molecule has 1 atom stereocenters. The van der Waals surface area contributed by atoms with Gasteiger partial charge in [-0.15, -0.1) is 0 Å². The van der Waals surface area contributed by atoms with Crippen LogP contribution in [0.15, 0.2) is 47.0 Å². The van der Waals surface area contributed by atoms with Crippen LogP contribution in [-0.2, 0) is 0 Å². The lowest BCUT2D eigenvalue weighted by Gasteiger charge is -2.23. The SMILES string of the molecule is Cc1cccc(C)c1NC(=O)N1CCC[C@@H]1c1nc(-c2ccc(F)cc2)no1. The number of benzene rings is 2. The molecule has 1 aliphatic rings. The summed E-state index contributed by atoms with van der Waals surface area (Å²) in [6, 6.07) is 11.4. The van der Waals surface area contributed by atoms with E-state index in [9.17, 15) is 9.18 Å². The molecule has 1 aromatic heterocycles. The Morgan fingerprint density at radius 1 is 1.18 bits per heavy atom. The van der Waals surface area contributed by atoms with E-state index in [0.29, 0.717) is 23.8 Å². The van der Waals surface area contributed by atoms with Crippen LogP contribution in [0.5, 0.6) is 0 Å². The summed E-state index contributed by atoms with van der Waals surface area (Å²) in [6.07, 6.45) is 1.62. The minimum absolute atomic E-state index is 0.179. The molecule has 0 spiro atoms. The van der Waals surface area contributed by atoms with E-state index in [-0.39, 0.29) is 17.9 Å². The van der Waals surface area contributed by atoms with Crippen LogP contribution in [-0.4, -0.2) is 27.6 Å². The molecule has 3 aromatic rings. The highest BCUT2D eigenvalue weighted by molar-refractivity contribution is 5.91. The van der Waals surface area contributed by atoms with Crippen LogP contribution in [0.2, 0.25) is 0 Å². The average molecular weight is 380 g/mol. The second kappa shape index (κ2) is 7.42. The van der Waals surface area contributed by atoms with Crippen molar-refractivity contribution in [1.29, 1.82) is 0 Å². The number of hydrogen-bond acceptors (Lipinski definition) is 4. The van der Waals surface area contributed by atoms with Gasteiger partial charge < -0.3 is 14.7 Å². The van der Waals surface area contributed by atoms with Crippen LogP contribution in [0.25, 0.3) is 11.4 Å². The summed E-state index contributed by atoms with van der Waals surface area (Å²) in [5, 5.41) is 7.02. The number of rotatable bonds is 3. The predicted molar refractivity (Wildman–Crippen MR) is 103 cm³/mol. The lowest BCUT2D eigenvalue weighted by molar-refractivity contribution is 0.193. The highest BCUT2D eigenvalue weighted by atomic mass is 19.1. The third-order valence-corrected chi connectivity index (χ3v) is 5.06. The van der Waals surface area contributed by atoms with E-state index in [2.05, 4.69) is 15.5 Å². The molecule has 28 heavy (non-hydrogen) atoms. The summed E-state index contributed by atoms with van der Waals surface area (Å²) < 4.78 is 18.5. The normalized spacial score (nSPS) is 16.4. The molecular formula is C21H21FN4O2. The number of aromatic nitrogens is 2. The molecule has 4 rings (SSSR count). The highest BCUT2D eigenvalue weighted by Gasteiger charge is 2.34. The molecule has 1 N–H and O–H groups in total. The Balaban J connectivity index is 1.54. The van der Waals surface area contributed by atoms with Gasteiger partial charge in [-0.3, -0.25) is 0 Å². The van der Waals surface area contributed by atoms with Crippen molar-refractivity contribution in [3.63, 3.8) is 0 Å². The fraction of sp³-hybridized carbons (Fsp3) is 0.286. The Morgan fingerprint density at radius 2 is 1.89 bits per heavy atom. The van der Waals surface area contributed by atoms with E-state index in [1.807, 2.05) is 32.0 Å². The number of nitrogens with zero attached hydrogens (tertiary/aromatic N) is 3. The fourth-order valence-electron chi connectivity index (χ4n) is 3.54. The molecule has 6 nitrogen and oxygen atoms in total. The topological polar surface area (TPSA) is 71.3 Å². The van der Waals surface area contributed by atoms with E-state index < -0.39 is 0 Å². The summed E-state index contributed by atoms with van der Waals surface area (Å²) in [7, 11) is 0. The number of amides is 2. The zero-order valence-electron chi connectivity index (χ0n) is 15.8. The van der Waals surface area contributed by atoms with Crippen molar-refractivity contribution in [3.05, 3.63) is 65.3 Å². The molecule has 0 bridgehead atoms. The smallest absolute Gasteiger partial charge is 0.322 e. The third-order valence-electron chi connectivity index (χ3n) is 5.06. The zero-order chi connectivity index (χ0) is 19.7. The first-order chi connectivity index (χ1) is 13.5. The summed E-state index contributed by atoms with van der Waals surface area (Å²) in [4.78, 5) is 19.1. The number of nitrogens with one attached hydrogen (secondary N) is 1.